The van der Waals surface area contributed by atoms with Crippen LogP contribution in [-0.2, 0) is 9.53 Å². The fraction of sp³-hybridized carbons (Fsp3) is 0.929. The lowest BCUT2D eigenvalue weighted by atomic mass is 9.88. The van der Waals surface area contributed by atoms with Gasteiger partial charge in [0, 0.05) is 13.1 Å². The van der Waals surface area contributed by atoms with Crippen molar-refractivity contribution in [1.29, 1.82) is 0 Å². The largest absolute Gasteiger partial charge is 0.369 e. The first-order chi connectivity index (χ1) is 8.32. The minimum Gasteiger partial charge on any atom is -0.369 e. The summed E-state index contributed by atoms with van der Waals surface area (Å²) in [5, 5.41) is 3.40. The number of hydrogen-bond donors (Lipinski definition) is 1. The molecule has 2 atom stereocenters. The van der Waals surface area contributed by atoms with Crippen molar-refractivity contribution >= 4 is 5.91 Å². The summed E-state index contributed by atoms with van der Waals surface area (Å²) in [7, 11) is 0. The molecule has 2 rings (SSSR count). The van der Waals surface area contributed by atoms with E-state index in [1.165, 1.54) is 6.42 Å². The SMILES string of the molecule is CC1CN(C(=O)C2(C)CCCCN2)CC(C)(C)O1. The number of morpholine rings is 1. The van der Waals surface area contributed by atoms with Crippen LogP contribution in [0.15, 0.2) is 0 Å². The number of carbonyl (C=O) groups is 1. The molecule has 4 heteroatoms. The fourth-order valence-electron chi connectivity index (χ4n) is 3.20. The van der Waals surface area contributed by atoms with E-state index in [0.717, 1.165) is 19.4 Å². The first-order valence-electron chi connectivity index (χ1n) is 7.05. The van der Waals surface area contributed by atoms with Crippen molar-refractivity contribution in [3.8, 4) is 0 Å². The van der Waals surface area contributed by atoms with E-state index in [1.54, 1.807) is 0 Å². The zero-order valence-electron chi connectivity index (χ0n) is 12.1. The van der Waals surface area contributed by atoms with E-state index >= 15 is 0 Å². The van der Waals surface area contributed by atoms with Gasteiger partial charge in [-0.1, -0.05) is 0 Å². The van der Waals surface area contributed by atoms with Gasteiger partial charge in [0.05, 0.1) is 17.2 Å². The van der Waals surface area contributed by atoms with Crippen molar-refractivity contribution in [2.45, 2.75) is 64.2 Å². The summed E-state index contributed by atoms with van der Waals surface area (Å²) in [6, 6.07) is 0. The van der Waals surface area contributed by atoms with Crippen LogP contribution in [-0.4, -0.2) is 47.7 Å². The summed E-state index contributed by atoms with van der Waals surface area (Å²) in [6.45, 7) is 10.5. The Morgan fingerprint density at radius 3 is 2.61 bits per heavy atom. The number of piperidine rings is 1. The maximum Gasteiger partial charge on any atom is 0.242 e. The average Bonchev–Trinajstić information content (AvgIpc) is 2.26. The Kier molecular flexibility index (Phi) is 3.70. The van der Waals surface area contributed by atoms with Crippen molar-refractivity contribution in [3.05, 3.63) is 0 Å². The summed E-state index contributed by atoms with van der Waals surface area (Å²) in [5.41, 5.74) is -0.607. The number of amides is 1. The Balaban J connectivity index is 2.08. The molecule has 4 nitrogen and oxygen atoms in total. The van der Waals surface area contributed by atoms with Crippen LogP contribution in [0.25, 0.3) is 0 Å². The average molecular weight is 254 g/mol. The predicted molar refractivity (Wildman–Crippen MR) is 71.5 cm³/mol. The maximum absolute atomic E-state index is 12.7. The van der Waals surface area contributed by atoms with Gasteiger partial charge in [-0.25, -0.2) is 0 Å². The molecule has 0 aromatic heterocycles. The van der Waals surface area contributed by atoms with Crippen molar-refractivity contribution in [1.82, 2.24) is 10.2 Å². The van der Waals surface area contributed by atoms with Crippen molar-refractivity contribution in [2.24, 2.45) is 0 Å². The summed E-state index contributed by atoms with van der Waals surface area (Å²) in [5.74, 6) is 0.241. The second kappa shape index (κ2) is 4.82. The number of rotatable bonds is 1. The first kappa shape index (κ1) is 13.8. The van der Waals surface area contributed by atoms with Crippen LogP contribution in [0, 0.1) is 0 Å². The van der Waals surface area contributed by atoms with Gasteiger partial charge in [0.2, 0.25) is 5.91 Å². The Morgan fingerprint density at radius 2 is 2.06 bits per heavy atom. The molecule has 2 saturated heterocycles. The van der Waals surface area contributed by atoms with Crippen LogP contribution >= 0.6 is 0 Å². The van der Waals surface area contributed by atoms with E-state index in [0.29, 0.717) is 13.1 Å². The lowest BCUT2D eigenvalue weighted by Gasteiger charge is -2.45. The van der Waals surface area contributed by atoms with Crippen LogP contribution in [0.2, 0.25) is 0 Å². The molecule has 0 radical (unpaired) electrons. The molecule has 2 fully saturated rings. The van der Waals surface area contributed by atoms with Gasteiger partial charge >= 0.3 is 0 Å². The smallest absolute Gasteiger partial charge is 0.242 e. The van der Waals surface area contributed by atoms with Crippen LogP contribution in [0.1, 0.15) is 47.0 Å². The molecule has 0 aromatic carbocycles. The molecule has 2 aliphatic heterocycles. The summed E-state index contributed by atoms with van der Waals surface area (Å²) >= 11 is 0. The molecule has 2 aliphatic rings. The van der Waals surface area contributed by atoms with Crippen LogP contribution in [0.3, 0.4) is 0 Å². The normalized spacial score (nSPS) is 36.4. The Bertz CT molecular complexity index is 322. The van der Waals surface area contributed by atoms with Gasteiger partial charge in [0.25, 0.3) is 0 Å². The van der Waals surface area contributed by atoms with Crippen LogP contribution in [0.5, 0.6) is 0 Å². The summed E-state index contributed by atoms with van der Waals surface area (Å²) in [6.07, 6.45) is 3.37. The molecule has 0 bridgehead atoms. The molecular formula is C14H26N2O2. The molecule has 18 heavy (non-hydrogen) atoms. The zero-order chi connectivity index (χ0) is 13.4. The van der Waals surface area contributed by atoms with Crippen molar-refractivity contribution < 1.29 is 9.53 Å². The molecule has 0 aliphatic carbocycles. The third kappa shape index (κ3) is 2.86. The highest BCUT2D eigenvalue weighted by Crippen LogP contribution is 2.26. The van der Waals surface area contributed by atoms with E-state index in [-0.39, 0.29) is 23.2 Å². The Hall–Kier alpha value is -0.610. The molecule has 2 heterocycles. The maximum atomic E-state index is 12.7. The Morgan fingerprint density at radius 1 is 1.33 bits per heavy atom. The minimum absolute atomic E-state index is 0.116. The van der Waals surface area contributed by atoms with Gasteiger partial charge in [-0.05, 0) is 53.5 Å². The third-order valence-electron chi connectivity index (χ3n) is 3.95. The number of nitrogens with zero attached hydrogens (tertiary/aromatic N) is 1. The van der Waals surface area contributed by atoms with E-state index in [2.05, 4.69) is 19.2 Å². The number of nitrogens with one attached hydrogen (secondary N) is 1. The van der Waals surface area contributed by atoms with E-state index < -0.39 is 0 Å². The van der Waals surface area contributed by atoms with Gasteiger partial charge in [-0.3, -0.25) is 4.79 Å². The van der Waals surface area contributed by atoms with Gasteiger partial charge in [-0.2, -0.15) is 0 Å². The molecule has 1 amide bonds. The van der Waals surface area contributed by atoms with Crippen LogP contribution < -0.4 is 5.32 Å². The minimum atomic E-state index is -0.370. The highest BCUT2D eigenvalue weighted by atomic mass is 16.5. The molecule has 104 valence electrons. The zero-order valence-corrected chi connectivity index (χ0v) is 12.1. The van der Waals surface area contributed by atoms with Crippen LogP contribution in [0.4, 0.5) is 0 Å². The molecular weight excluding hydrogens is 228 g/mol. The quantitative estimate of drug-likeness (QED) is 0.772. The highest BCUT2D eigenvalue weighted by molar-refractivity contribution is 5.86. The van der Waals surface area contributed by atoms with E-state index in [4.69, 9.17) is 4.74 Å². The van der Waals surface area contributed by atoms with Gasteiger partial charge < -0.3 is 15.0 Å². The molecule has 0 spiro atoms. The lowest BCUT2D eigenvalue weighted by Crippen LogP contribution is -2.63. The summed E-state index contributed by atoms with van der Waals surface area (Å²) in [4.78, 5) is 14.7. The van der Waals surface area contributed by atoms with Gasteiger partial charge in [0.15, 0.2) is 0 Å². The molecule has 0 saturated carbocycles. The van der Waals surface area contributed by atoms with Crippen molar-refractivity contribution in [2.75, 3.05) is 19.6 Å². The second-order valence-corrected chi connectivity index (χ2v) is 6.59. The number of ether oxygens (including phenoxy) is 1. The van der Waals surface area contributed by atoms with E-state index in [9.17, 15) is 4.79 Å². The number of carbonyl (C=O) groups excluding carboxylic acids is 1. The predicted octanol–water partition coefficient (Wildman–Crippen LogP) is 1.54. The lowest BCUT2D eigenvalue weighted by molar-refractivity contribution is -0.164. The number of hydrogen-bond acceptors (Lipinski definition) is 3. The monoisotopic (exact) mass is 254 g/mol. The standard InChI is InChI=1S/C14H26N2O2/c1-11-9-16(10-13(2,3)18-11)12(17)14(4)7-5-6-8-15-14/h11,15H,5-10H2,1-4H3. The molecule has 0 aromatic rings. The Labute approximate surface area is 110 Å². The summed E-state index contributed by atoms with van der Waals surface area (Å²) < 4.78 is 5.86. The van der Waals surface area contributed by atoms with Crippen molar-refractivity contribution in [3.63, 3.8) is 0 Å². The van der Waals surface area contributed by atoms with Gasteiger partial charge in [-0.15, -0.1) is 0 Å². The fourth-order valence-corrected chi connectivity index (χ4v) is 3.20. The molecule has 1 N–H and O–H groups in total. The van der Waals surface area contributed by atoms with E-state index in [1.807, 2.05) is 18.7 Å². The van der Waals surface area contributed by atoms with Gasteiger partial charge in [0.1, 0.15) is 0 Å². The first-order valence-corrected chi connectivity index (χ1v) is 7.05. The highest BCUT2D eigenvalue weighted by Gasteiger charge is 2.42. The topological polar surface area (TPSA) is 41.6 Å². The second-order valence-electron chi connectivity index (χ2n) is 6.59. The molecule has 2 unspecified atom stereocenters. The third-order valence-corrected chi connectivity index (χ3v) is 3.95.